The largest absolute Gasteiger partial charge is 0.357 e. The lowest BCUT2D eigenvalue weighted by Gasteiger charge is -2.27. The highest BCUT2D eigenvalue weighted by Gasteiger charge is 2.12. The monoisotopic (exact) mass is 497 g/mol. The normalized spacial score (nSPS) is 14.4. The average molecular weight is 497 g/mol. The number of rotatable bonds is 6. The molecule has 2 N–H and O–H groups in total. The first-order valence-electron chi connectivity index (χ1n) is 9.71. The second-order valence-corrected chi connectivity index (χ2v) is 6.71. The summed E-state index contributed by atoms with van der Waals surface area (Å²) < 4.78 is 13.8. The van der Waals surface area contributed by atoms with Crippen molar-refractivity contribution in [3.05, 3.63) is 59.5 Å². The zero-order valence-corrected chi connectivity index (χ0v) is 18.7. The van der Waals surface area contributed by atoms with Crippen LogP contribution < -0.4 is 15.5 Å². The molecule has 0 saturated carbocycles. The summed E-state index contributed by atoms with van der Waals surface area (Å²) in [6, 6.07) is 10.9. The number of piperidine rings is 1. The summed E-state index contributed by atoms with van der Waals surface area (Å²) in [5, 5.41) is 6.41. The molecule has 0 radical (unpaired) electrons. The SMILES string of the molecule is CCNC(=NCc1ccnc(N2CCCCC2)c1)NCc1ccccc1F.I. The fraction of sp³-hybridized carbons (Fsp3) is 0.429. The molecular formula is C21H29FIN5. The van der Waals surface area contributed by atoms with E-state index in [1.54, 1.807) is 12.1 Å². The van der Waals surface area contributed by atoms with Crippen LogP contribution >= 0.6 is 24.0 Å². The van der Waals surface area contributed by atoms with Gasteiger partial charge in [-0.1, -0.05) is 18.2 Å². The third-order valence-corrected chi connectivity index (χ3v) is 4.66. The standard InChI is InChI=1S/C21H28FN5.HI/c1-2-23-21(26-16-18-8-4-5-9-19(18)22)25-15-17-10-11-24-20(14-17)27-12-6-3-7-13-27;/h4-5,8-11,14H,2-3,6-7,12-13,15-16H2,1H3,(H2,23,25,26);1H. The molecule has 152 valence electrons. The minimum atomic E-state index is -0.207. The van der Waals surface area contributed by atoms with Gasteiger partial charge in [-0.05, 0) is 49.9 Å². The van der Waals surface area contributed by atoms with Gasteiger partial charge in [-0.25, -0.2) is 14.4 Å². The maximum atomic E-state index is 13.8. The first-order valence-corrected chi connectivity index (χ1v) is 9.71. The number of nitrogens with zero attached hydrogens (tertiary/aromatic N) is 3. The van der Waals surface area contributed by atoms with E-state index < -0.39 is 0 Å². The van der Waals surface area contributed by atoms with Crippen molar-refractivity contribution < 1.29 is 4.39 Å². The maximum Gasteiger partial charge on any atom is 0.191 e. The van der Waals surface area contributed by atoms with Crippen LogP contribution in [0.2, 0.25) is 0 Å². The van der Waals surface area contributed by atoms with E-state index in [1.165, 1.54) is 25.3 Å². The Bertz CT molecular complexity index is 762. The molecule has 2 aromatic rings. The summed E-state index contributed by atoms with van der Waals surface area (Å²) >= 11 is 0. The van der Waals surface area contributed by atoms with Gasteiger partial charge in [0.1, 0.15) is 11.6 Å². The number of halogens is 2. The molecule has 1 fully saturated rings. The van der Waals surface area contributed by atoms with Crippen molar-refractivity contribution >= 4 is 35.8 Å². The van der Waals surface area contributed by atoms with Gasteiger partial charge in [0.05, 0.1) is 6.54 Å². The van der Waals surface area contributed by atoms with Crippen LogP contribution in [-0.2, 0) is 13.1 Å². The Morgan fingerprint density at radius 2 is 1.93 bits per heavy atom. The maximum absolute atomic E-state index is 13.8. The molecule has 2 heterocycles. The number of hydrogen-bond donors (Lipinski definition) is 2. The van der Waals surface area contributed by atoms with E-state index >= 15 is 0 Å². The molecule has 1 aliphatic rings. The molecule has 1 aromatic carbocycles. The van der Waals surface area contributed by atoms with Crippen LogP contribution in [0.1, 0.15) is 37.3 Å². The highest BCUT2D eigenvalue weighted by molar-refractivity contribution is 14.0. The van der Waals surface area contributed by atoms with Crippen molar-refractivity contribution in [3.8, 4) is 0 Å². The Morgan fingerprint density at radius 1 is 1.14 bits per heavy atom. The van der Waals surface area contributed by atoms with Gasteiger partial charge in [-0.2, -0.15) is 0 Å². The Balaban J connectivity index is 0.00000280. The Labute approximate surface area is 183 Å². The van der Waals surface area contributed by atoms with Gasteiger partial charge in [-0.3, -0.25) is 0 Å². The van der Waals surface area contributed by atoms with E-state index in [2.05, 4.69) is 31.6 Å². The molecule has 28 heavy (non-hydrogen) atoms. The number of aliphatic imine (C=N–C) groups is 1. The number of anilines is 1. The van der Waals surface area contributed by atoms with Crippen molar-refractivity contribution in [2.45, 2.75) is 39.3 Å². The number of guanidine groups is 1. The van der Waals surface area contributed by atoms with E-state index in [-0.39, 0.29) is 29.8 Å². The number of nitrogens with one attached hydrogen (secondary N) is 2. The summed E-state index contributed by atoms with van der Waals surface area (Å²) in [5.74, 6) is 1.50. The van der Waals surface area contributed by atoms with Crippen LogP contribution in [0.3, 0.4) is 0 Å². The van der Waals surface area contributed by atoms with E-state index in [4.69, 9.17) is 0 Å². The zero-order valence-electron chi connectivity index (χ0n) is 16.3. The topological polar surface area (TPSA) is 52.6 Å². The van der Waals surface area contributed by atoms with Gasteiger partial charge in [0.25, 0.3) is 0 Å². The van der Waals surface area contributed by atoms with E-state index in [1.807, 2.05) is 25.3 Å². The van der Waals surface area contributed by atoms with Gasteiger partial charge < -0.3 is 15.5 Å². The molecule has 1 aliphatic heterocycles. The van der Waals surface area contributed by atoms with Crippen molar-refractivity contribution in [2.75, 3.05) is 24.5 Å². The quantitative estimate of drug-likeness (QED) is 0.359. The van der Waals surface area contributed by atoms with Crippen molar-refractivity contribution in [3.63, 3.8) is 0 Å². The molecule has 7 heteroatoms. The first-order chi connectivity index (χ1) is 13.3. The highest BCUT2D eigenvalue weighted by atomic mass is 127. The minimum Gasteiger partial charge on any atom is -0.357 e. The molecular weight excluding hydrogens is 468 g/mol. The predicted octanol–water partition coefficient (Wildman–Crippen LogP) is 4.08. The summed E-state index contributed by atoms with van der Waals surface area (Å²) in [4.78, 5) is 11.5. The molecule has 0 spiro atoms. The molecule has 0 amide bonds. The molecule has 5 nitrogen and oxygen atoms in total. The van der Waals surface area contributed by atoms with E-state index in [0.29, 0.717) is 24.6 Å². The number of benzene rings is 1. The first kappa shape index (κ1) is 22.4. The smallest absolute Gasteiger partial charge is 0.191 e. The summed E-state index contributed by atoms with van der Waals surface area (Å²) in [6.45, 7) is 5.86. The number of pyridine rings is 1. The molecule has 0 bridgehead atoms. The third kappa shape index (κ3) is 6.61. The summed E-state index contributed by atoms with van der Waals surface area (Å²) in [7, 11) is 0. The van der Waals surface area contributed by atoms with Gasteiger partial charge >= 0.3 is 0 Å². The van der Waals surface area contributed by atoms with Crippen molar-refractivity contribution in [2.24, 2.45) is 4.99 Å². The van der Waals surface area contributed by atoms with Gasteiger partial charge in [-0.15, -0.1) is 24.0 Å². The molecule has 0 unspecified atom stereocenters. The number of hydrogen-bond acceptors (Lipinski definition) is 3. The summed E-state index contributed by atoms with van der Waals surface area (Å²) in [5.41, 5.74) is 1.74. The number of aromatic nitrogens is 1. The third-order valence-electron chi connectivity index (χ3n) is 4.66. The molecule has 0 atom stereocenters. The van der Waals surface area contributed by atoms with Crippen LogP contribution in [0.5, 0.6) is 0 Å². The van der Waals surface area contributed by atoms with Crippen LogP contribution in [-0.4, -0.2) is 30.6 Å². The van der Waals surface area contributed by atoms with E-state index in [9.17, 15) is 4.39 Å². The summed E-state index contributed by atoms with van der Waals surface area (Å²) in [6.07, 6.45) is 5.62. The lowest BCUT2D eigenvalue weighted by Crippen LogP contribution is -2.37. The molecule has 3 rings (SSSR count). The predicted molar refractivity (Wildman–Crippen MR) is 124 cm³/mol. The Kier molecular flexibility index (Phi) is 9.46. The van der Waals surface area contributed by atoms with Crippen LogP contribution in [0.15, 0.2) is 47.6 Å². The zero-order chi connectivity index (χ0) is 18.9. The van der Waals surface area contributed by atoms with Crippen LogP contribution in [0.25, 0.3) is 0 Å². The molecule has 0 aliphatic carbocycles. The lowest BCUT2D eigenvalue weighted by atomic mass is 10.1. The minimum absolute atomic E-state index is 0. The molecule has 1 aromatic heterocycles. The van der Waals surface area contributed by atoms with Crippen molar-refractivity contribution in [1.29, 1.82) is 0 Å². The fourth-order valence-corrected chi connectivity index (χ4v) is 3.19. The van der Waals surface area contributed by atoms with Crippen LogP contribution in [0, 0.1) is 5.82 Å². The van der Waals surface area contributed by atoms with Crippen LogP contribution in [0.4, 0.5) is 10.2 Å². The Morgan fingerprint density at radius 3 is 2.68 bits per heavy atom. The Hall–Kier alpha value is -1.90. The second-order valence-electron chi connectivity index (χ2n) is 6.71. The molecule has 1 saturated heterocycles. The van der Waals surface area contributed by atoms with Crippen molar-refractivity contribution in [1.82, 2.24) is 15.6 Å². The lowest BCUT2D eigenvalue weighted by molar-refractivity contribution is 0.573. The fourth-order valence-electron chi connectivity index (χ4n) is 3.19. The van der Waals surface area contributed by atoms with Gasteiger partial charge in [0.2, 0.25) is 0 Å². The average Bonchev–Trinajstić information content (AvgIpc) is 2.72. The second kappa shape index (κ2) is 11.8. The van der Waals surface area contributed by atoms with Gasteiger partial charge in [0, 0.05) is 37.9 Å². The van der Waals surface area contributed by atoms with E-state index in [0.717, 1.165) is 31.0 Å². The highest BCUT2D eigenvalue weighted by Crippen LogP contribution is 2.18. The van der Waals surface area contributed by atoms with Gasteiger partial charge in [0.15, 0.2) is 5.96 Å².